The first-order valence-electron chi connectivity index (χ1n) is 3.23. The molecule has 0 aliphatic carbocycles. The Labute approximate surface area is 139 Å². The zero-order valence-electron chi connectivity index (χ0n) is 7.30. The fourth-order valence-corrected chi connectivity index (χ4v) is 4.10. The van der Waals surface area contributed by atoms with Crippen LogP contribution in [-0.4, -0.2) is 34.5 Å². The average Bonchev–Trinajstić information content (AvgIpc) is 2.00. The van der Waals surface area contributed by atoms with Crippen LogP contribution in [0.2, 0.25) is 0 Å². The molecule has 0 unspecified atom stereocenters. The molecule has 1 rings (SSSR count). The Kier molecular flexibility index (Phi) is 53.7. The molecule has 0 nitrogen and oxygen atoms in total. The molecule has 1 aliphatic rings. The molecule has 14 heavy (non-hydrogen) atoms. The third kappa shape index (κ3) is 20.3. The van der Waals surface area contributed by atoms with Gasteiger partial charge in [0.2, 0.25) is 0 Å². The van der Waals surface area contributed by atoms with Gasteiger partial charge in [0.1, 0.15) is 0 Å². The van der Waals surface area contributed by atoms with Crippen LogP contribution in [0.3, 0.4) is 0 Å². The first kappa shape index (κ1) is 30.2. The summed E-state index contributed by atoms with van der Waals surface area (Å²) in [6, 6.07) is 0. The molecule has 0 amide bonds. The fraction of sp³-hybridized carbons (Fsp3) is 1.00. The minimum absolute atomic E-state index is 0. The van der Waals surface area contributed by atoms with Gasteiger partial charge in [-0.2, -0.15) is 35.3 Å². The molecule has 1 fully saturated rings. The summed E-state index contributed by atoms with van der Waals surface area (Å²) in [7, 11) is 0. The molecule has 0 bridgehead atoms. The smallest absolute Gasteiger partial charge is 1.00 e. The van der Waals surface area contributed by atoms with Crippen molar-refractivity contribution in [2.75, 3.05) is 34.5 Å². The molecule has 0 atom stereocenters. The first-order valence-corrected chi connectivity index (χ1v) is 6.70. The van der Waals surface area contributed by atoms with Crippen LogP contribution >= 0.6 is 35.3 Å². The van der Waals surface area contributed by atoms with Crippen LogP contribution in [-0.2, 0) is 21.1 Å². The normalized spacial score (nSPS) is 15.4. The standard InChI is InChI=1S/C6H12S3.4ClH.Pt/c1-2-8-5-6-9-4-3-7-1;;;;;/h1-6H2;4*1H;/q;;;;;+4/p-4. The first-order chi connectivity index (χ1) is 4.50. The topological polar surface area (TPSA) is 0 Å². The number of hydrogen-bond donors (Lipinski definition) is 0. The van der Waals surface area contributed by atoms with E-state index < -0.39 is 0 Å². The number of halogens is 4. The van der Waals surface area contributed by atoms with Gasteiger partial charge in [0, 0.05) is 34.5 Å². The summed E-state index contributed by atoms with van der Waals surface area (Å²) in [6.45, 7) is 0. The third-order valence-electron chi connectivity index (χ3n) is 1.12. The molecule has 8 heteroatoms. The second kappa shape index (κ2) is 24.9. The van der Waals surface area contributed by atoms with Gasteiger partial charge in [-0.25, -0.2) is 0 Å². The Bertz CT molecular complexity index is 53.6. The minimum Gasteiger partial charge on any atom is -1.00 e. The predicted octanol–water partition coefficient (Wildman–Crippen LogP) is -9.79. The predicted molar refractivity (Wildman–Crippen MR) is 52.0 cm³/mol. The van der Waals surface area contributed by atoms with Gasteiger partial charge < -0.3 is 49.6 Å². The number of hydrogen-bond acceptors (Lipinski definition) is 3. The number of rotatable bonds is 0. The van der Waals surface area contributed by atoms with Gasteiger partial charge >= 0.3 is 21.1 Å². The van der Waals surface area contributed by atoms with E-state index in [1.165, 1.54) is 34.5 Å². The zero-order chi connectivity index (χ0) is 6.36. The van der Waals surface area contributed by atoms with E-state index in [4.69, 9.17) is 0 Å². The van der Waals surface area contributed by atoms with Crippen molar-refractivity contribution in [1.82, 2.24) is 0 Å². The SMILES string of the molecule is C1CSCCSCCS1.[Cl-].[Cl-].[Cl-].[Cl-].[Pt+4]. The summed E-state index contributed by atoms with van der Waals surface area (Å²) in [4.78, 5) is 0. The van der Waals surface area contributed by atoms with Crippen LogP contribution in [0.1, 0.15) is 0 Å². The van der Waals surface area contributed by atoms with Crippen molar-refractivity contribution in [3.05, 3.63) is 0 Å². The Morgan fingerprint density at radius 1 is 0.429 bits per heavy atom. The summed E-state index contributed by atoms with van der Waals surface area (Å²) in [5.41, 5.74) is 0. The van der Waals surface area contributed by atoms with Crippen molar-refractivity contribution in [2.45, 2.75) is 0 Å². The van der Waals surface area contributed by atoms with Crippen molar-refractivity contribution in [2.24, 2.45) is 0 Å². The molecule has 1 heterocycles. The molecule has 1 saturated heterocycles. The van der Waals surface area contributed by atoms with Crippen molar-refractivity contribution in [3.63, 3.8) is 0 Å². The molecule has 0 N–H and O–H groups in total. The summed E-state index contributed by atoms with van der Waals surface area (Å²) in [5.74, 6) is 8.20. The van der Waals surface area contributed by atoms with E-state index in [0.29, 0.717) is 0 Å². The molecule has 92 valence electrons. The quantitative estimate of drug-likeness (QED) is 0.314. The number of thioether (sulfide) groups is 3. The summed E-state index contributed by atoms with van der Waals surface area (Å²) < 4.78 is 0. The molecular formula is C6H12Cl4PtS3. The van der Waals surface area contributed by atoms with Gasteiger partial charge in [0.05, 0.1) is 0 Å². The van der Waals surface area contributed by atoms with Crippen LogP contribution in [0, 0.1) is 0 Å². The summed E-state index contributed by atoms with van der Waals surface area (Å²) >= 11 is 6.30. The van der Waals surface area contributed by atoms with Gasteiger partial charge in [-0.1, -0.05) is 0 Å². The molecule has 0 aromatic heterocycles. The van der Waals surface area contributed by atoms with Crippen molar-refractivity contribution < 1.29 is 70.7 Å². The van der Waals surface area contributed by atoms with Gasteiger partial charge in [-0.15, -0.1) is 0 Å². The molecular weight excluding hydrogens is 505 g/mol. The Hall–Kier alpha value is 2.90. The van der Waals surface area contributed by atoms with Gasteiger partial charge in [0.25, 0.3) is 0 Å². The molecule has 1 aliphatic heterocycles. The Balaban J connectivity index is -0.0000000540. The van der Waals surface area contributed by atoms with E-state index in [1.54, 1.807) is 0 Å². The largest absolute Gasteiger partial charge is 4.00 e. The van der Waals surface area contributed by atoms with E-state index in [1.807, 2.05) is 0 Å². The maximum Gasteiger partial charge on any atom is 4.00 e. The van der Waals surface area contributed by atoms with Crippen molar-refractivity contribution in [1.29, 1.82) is 0 Å². The minimum atomic E-state index is 0. The van der Waals surface area contributed by atoms with E-state index in [2.05, 4.69) is 35.3 Å². The van der Waals surface area contributed by atoms with E-state index >= 15 is 0 Å². The average molecular weight is 517 g/mol. The second-order valence-corrected chi connectivity index (χ2v) is 5.51. The fourth-order valence-electron chi connectivity index (χ4n) is 0.660. The summed E-state index contributed by atoms with van der Waals surface area (Å²) in [6.07, 6.45) is 0. The van der Waals surface area contributed by atoms with Crippen molar-refractivity contribution >= 4 is 35.3 Å². The van der Waals surface area contributed by atoms with Gasteiger partial charge in [0.15, 0.2) is 0 Å². The monoisotopic (exact) mass is 515 g/mol. The molecule has 0 radical (unpaired) electrons. The summed E-state index contributed by atoms with van der Waals surface area (Å²) in [5, 5.41) is 0. The molecule has 0 spiro atoms. The van der Waals surface area contributed by atoms with Crippen molar-refractivity contribution in [3.8, 4) is 0 Å². The molecule has 0 aromatic rings. The van der Waals surface area contributed by atoms with Crippen LogP contribution in [0.25, 0.3) is 0 Å². The van der Waals surface area contributed by atoms with Crippen LogP contribution < -0.4 is 49.6 Å². The maximum absolute atomic E-state index is 2.10. The van der Waals surface area contributed by atoms with E-state index in [0.717, 1.165) is 0 Å². The third-order valence-corrected chi connectivity index (χ3v) is 4.85. The van der Waals surface area contributed by atoms with Crippen LogP contribution in [0.15, 0.2) is 0 Å². The molecule has 0 aromatic carbocycles. The maximum atomic E-state index is 2.10. The second-order valence-electron chi connectivity index (χ2n) is 1.84. The zero-order valence-corrected chi connectivity index (χ0v) is 15.0. The van der Waals surface area contributed by atoms with Gasteiger partial charge in [-0.05, 0) is 0 Å². The van der Waals surface area contributed by atoms with E-state index in [9.17, 15) is 0 Å². The van der Waals surface area contributed by atoms with E-state index in [-0.39, 0.29) is 70.7 Å². The Morgan fingerprint density at radius 3 is 0.714 bits per heavy atom. The van der Waals surface area contributed by atoms with Crippen LogP contribution in [0.5, 0.6) is 0 Å². The van der Waals surface area contributed by atoms with Gasteiger partial charge in [-0.3, -0.25) is 0 Å². The van der Waals surface area contributed by atoms with Crippen LogP contribution in [0.4, 0.5) is 0 Å². The Morgan fingerprint density at radius 2 is 0.571 bits per heavy atom. The molecule has 0 saturated carbocycles.